The molecule has 0 spiro atoms. The van der Waals surface area contributed by atoms with Gasteiger partial charge >= 0.3 is 5.63 Å². The Bertz CT molecular complexity index is 2260. The van der Waals surface area contributed by atoms with E-state index in [-0.39, 0.29) is 5.63 Å². The van der Waals surface area contributed by atoms with E-state index in [0.717, 1.165) is 92.3 Å². The number of anilines is 2. The number of hydrogen-bond acceptors (Lipinski definition) is 10. The molecule has 0 aliphatic carbocycles. The minimum absolute atomic E-state index is 0.320. The molecule has 0 radical (unpaired) electrons. The molecule has 0 bridgehead atoms. The highest BCUT2D eigenvalue weighted by Crippen LogP contribution is 2.34. The van der Waals surface area contributed by atoms with E-state index in [9.17, 15) is 4.79 Å². The maximum atomic E-state index is 12.0. The third-order valence-corrected chi connectivity index (χ3v) is 10.3. The Balaban J connectivity index is 0.000000206. The van der Waals surface area contributed by atoms with Gasteiger partial charge in [-0.1, -0.05) is 36.4 Å². The minimum Gasteiger partial charge on any atom is -0.493 e. The summed E-state index contributed by atoms with van der Waals surface area (Å²) in [6, 6.07) is 24.9. The summed E-state index contributed by atoms with van der Waals surface area (Å²) < 4.78 is 17.1. The molecule has 2 aliphatic heterocycles. The van der Waals surface area contributed by atoms with Crippen molar-refractivity contribution in [2.24, 2.45) is 0 Å². The van der Waals surface area contributed by atoms with Crippen molar-refractivity contribution in [3.63, 3.8) is 0 Å². The second kappa shape index (κ2) is 15.6. The van der Waals surface area contributed by atoms with E-state index >= 15 is 0 Å². The van der Waals surface area contributed by atoms with E-state index in [0.29, 0.717) is 29.3 Å². The van der Waals surface area contributed by atoms with Crippen LogP contribution in [0.15, 0.2) is 82.0 Å². The number of aromatic nitrogens is 2. The lowest BCUT2D eigenvalue weighted by Crippen LogP contribution is -2.47. The smallest absolute Gasteiger partial charge is 0.339 e. The van der Waals surface area contributed by atoms with Crippen LogP contribution in [0.3, 0.4) is 0 Å². The van der Waals surface area contributed by atoms with E-state index < -0.39 is 0 Å². The summed E-state index contributed by atoms with van der Waals surface area (Å²) >= 11 is 0. The lowest BCUT2D eigenvalue weighted by atomic mass is 10.1. The number of pyridine rings is 2. The quantitative estimate of drug-likeness (QED) is 0.188. The first-order chi connectivity index (χ1) is 25.3. The molecule has 0 atom stereocenters. The zero-order chi connectivity index (χ0) is 36.2. The molecule has 3 aromatic heterocycles. The fraction of sp³-hybridized carbons (Fsp3) is 0.357. The average molecular weight is 701 g/mol. The number of aryl methyl sites for hydroxylation is 3. The summed E-state index contributed by atoms with van der Waals surface area (Å²) in [5, 5.41) is 6.66. The molecule has 2 fully saturated rings. The molecule has 10 nitrogen and oxygen atoms in total. The molecule has 5 heterocycles. The van der Waals surface area contributed by atoms with Crippen LogP contribution in [0.4, 0.5) is 11.4 Å². The van der Waals surface area contributed by atoms with Crippen LogP contribution in [0.25, 0.3) is 32.8 Å². The van der Waals surface area contributed by atoms with Gasteiger partial charge in [0.25, 0.3) is 0 Å². The van der Waals surface area contributed by atoms with Gasteiger partial charge in [0.2, 0.25) is 0 Å². The average Bonchev–Trinajstić information content (AvgIpc) is 3.17. The first-order valence-corrected chi connectivity index (χ1v) is 18.2. The number of benzene rings is 3. The first kappa shape index (κ1) is 35.2. The Morgan fingerprint density at radius 1 is 0.712 bits per heavy atom. The summed E-state index contributed by atoms with van der Waals surface area (Å²) in [4.78, 5) is 28.8. The Morgan fingerprint density at radius 3 is 1.90 bits per heavy atom. The monoisotopic (exact) mass is 700 g/mol. The molecule has 0 amide bonds. The minimum atomic E-state index is -0.320. The second-order valence-corrected chi connectivity index (χ2v) is 13.7. The lowest BCUT2D eigenvalue weighted by Gasteiger charge is -2.36. The van der Waals surface area contributed by atoms with Gasteiger partial charge in [0.15, 0.2) is 11.5 Å². The summed E-state index contributed by atoms with van der Waals surface area (Å²) in [6.07, 6.45) is 0. The number of rotatable bonds is 7. The summed E-state index contributed by atoms with van der Waals surface area (Å²) in [5.74, 6) is 1.22. The Kier molecular flexibility index (Phi) is 10.6. The first-order valence-electron chi connectivity index (χ1n) is 18.2. The molecule has 2 saturated heterocycles. The van der Waals surface area contributed by atoms with E-state index in [1.807, 2.05) is 26.8 Å². The molecule has 52 heavy (non-hydrogen) atoms. The van der Waals surface area contributed by atoms with Gasteiger partial charge < -0.3 is 29.0 Å². The van der Waals surface area contributed by atoms with Crippen molar-refractivity contribution in [2.75, 3.05) is 82.4 Å². The van der Waals surface area contributed by atoms with Gasteiger partial charge in [0.05, 0.1) is 29.5 Å². The summed E-state index contributed by atoms with van der Waals surface area (Å²) in [5.41, 5.74) is 8.52. The second-order valence-electron chi connectivity index (χ2n) is 13.7. The van der Waals surface area contributed by atoms with Crippen LogP contribution in [0.5, 0.6) is 11.5 Å². The zero-order valence-electron chi connectivity index (χ0n) is 30.9. The van der Waals surface area contributed by atoms with Crippen molar-refractivity contribution in [2.45, 2.75) is 27.7 Å². The van der Waals surface area contributed by atoms with Crippen molar-refractivity contribution < 1.29 is 13.9 Å². The summed E-state index contributed by atoms with van der Waals surface area (Å²) in [6.45, 7) is 17.2. The Morgan fingerprint density at radius 2 is 1.31 bits per heavy atom. The molecule has 270 valence electrons. The van der Waals surface area contributed by atoms with Gasteiger partial charge in [-0.05, 0) is 63.6 Å². The third-order valence-electron chi connectivity index (χ3n) is 10.3. The van der Waals surface area contributed by atoms with Crippen molar-refractivity contribution in [1.29, 1.82) is 0 Å². The van der Waals surface area contributed by atoms with Gasteiger partial charge in [-0.15, -0.1) is 0 Å². The molecule has 0 saturated carbocycles. The van der Waals surface area contributed by atoms with Crippen molar-refractivity contribution in [3.05, 3.63) is 106 Å². The van der Waals surface area contributed by atoms with E-state index in [2.05, 4.69) is 85.7 Å². The molecule has 2 aliphatic rings. The maximum absolute atomic E-state index is 12.0. The van der Waals surface area contributed by atoms with Gasteiger partial charge in [-0.2, -0.15) is 0 Å². The van der Waals surface area contributed by atoms with Crippen LogP contribution in [0.2, 0.25) is 0 Å². The van der Waals surface area contributed by atoms with Crippen LogP contribution in [-0.2, 0) is 0 Å². The molecule has 0 unspecified atom stereocenters. The van der Waals surface area contributed by atoms with E-state index in [4.69, 9.17) is 18.9 Å². The summed E-state index contributed by atoms with van der Waals surface area (Å²) in [7, 11) is 1.59. The number of fused-ring (bicyclic) bond motifs is 3. The van der Waals surface area contributed by atoms with Gasteiger partial charge in [-0.3, -0.25) is 14.9 Å². The highest BCUT2D eigenvalue weighted by molar-refractivity contribution is 5.92. The Labute approximate surface area is 305 Å². The Hall–Kier alpha value is -5.19. The molecular weight excluding hydrogens is 652 g/mol. The SMILES string of the molecule is COc1cc2oc(=O)c(C)c(C)c2cc1OCCN1CCN(c2cccc3ccc(C)nc23)CC1.Cc1ccc2cccc(N3CCNCC3)c2n1. The molecule has 10 heteroatoms. The van der Waals surface area contributed by atoms with Gasteiger partial charge in [0, 0.05) is 98.1 Å². The number of hydrogen-bond donors (Lipinski definition) is 1. The van der Waals surface area contributed by atoms with Gasteiger partial charge in [0.1, 0.15) is 12.2 Å². The number of piperazine rings is 2. The van der Waals surface area contributed by atoms with Crippen LogP contribution in [0, 0.1) is 27.7 Å². The normalized spacial score (nSPS) is 15.2. The van der Waals surface area contributed by atoms with E-state index in [1.54, 1.807) is 20.1 Å². The highest BCUT2D eigenvalue weighted by Gasteiger charge is 2.20. The zero-order valence-corrected chi connectivity index (χ0v) is 30.9. The maximum Gasteiger partial charge on any atom is 0.339 e. The third kappa shape index (κ3) is 7.54. The number of nitrogens with zero attached hydrogens (tertiary/aromatic N) is 5. The van der Waals surface area contributed by atoms with Crippen molar-refractivity contribution >= 4 is 44.1 Å². The number of ether oxygens (including phenoxy) is 2. The number of para-hydroxylation sites is 2. The van der Waals surface area contributed by atoms with Crippen LogP contribution >= 0.6 is 0 Å². The van der Waals surface area contributed by atoms with Crippen LogP contribution in [-0.4, -0.2) is 87.5 Å². The fourth-order valence-corrected chi connectivity index (χ4v) is 7.09. The van der Waals surface area contributed by atoms with Crippen LogP contribution < -0.4 is 30.2 Å². The molecule has 3 aromatic carbocycles. The highest BCUT2D eigenvalue weighted by atomic mass is 16.5. The standard InChI is InChI=1S/C28H31N3O4.C14H17N3/c1-18-8-9-21-6-5-7-23(27(21)29-18)31-12-10-30(11-13-31)14-15-34-26-16-22-19(2)20(3)28(32)35-24(22)17-25(26)33-4;1-11-5-6-12-3-2-4-13(14(12)16-11)17-9-7-15-8-10-17/h5-9,16-17H,10-15H2,1-4H3;2-6,15H,7-10H2,1H3. The molecule has 1 N–H and O–H groups in total. The number of nitrogens with one attached hydrogen (secondary N) is 1. The lowest BCUT2D eigenvalue weighted by molar-refractivity contribution is 0.197. The number of methoxy groups -OCH3 is 1. The molecule has 8 rings (SSSR count). The topological polar surface area (TPSA) is 96.2 Å². The predicted molar refractivity (Wildman–Crippen MR) is 211 cm³/mol. The van der Waals surface area contributed by atoms with Gasteiger partial charge in [-0.25, -0.2) is 4.79 Å². The fourth-order valence-electron chi connectivity index (χ4n) is 7.09. The molecular formula is C42H48N6O4. The van der Waals surface area contributed by atoms with Crippen LogP contribution in [0.1, 0.15) is 22.5 Å². The van der Waals surface area contributed by atoms with Crippen molar-refractivity contribution in [1.82, 2.24) is 20.2 Å². The van der Waals surface area contributed by atoms with E-state index in [1.165, 1.54) is 22.1 Å². The predicted octanol–water partition coefficient (Wildman–Crippen LogP) is 6.43. The largest absolute Gasteiger partial charge is 0.493 e. The molecule has 6 aromatic rings. The van der Waals surface area contributed by atoms with Crippen molar-refractivity contribution in [3.8, 4) is 11.5 Å².